The maximum Gasteiger partial charge on any atom is 0.325 e. The van der Waals surface area contributed by atoms with E-state index in [1.807, 2.05) is 60.7 Å². The lowest BCUT2D eigenvalue weighted by atomic mass is 10.0. The van der Waals surface area contributed by atoms with Gasteiger partial charge in [-0.2, -0.15) is 0 Å². The van der Waals surface area contributed by atoms with Crippen molar-refractivity contribution in [1.82, 2.24) is 10.6 Å². The first-order chi connectivity index (χ1) is 13.4. The van der Waals surface area contributed by atoms with Gasteiger partial charge in [-0.3, -0.25) is 19.7 Å². The Kier molecular flexibility index (Phi) is 7.71. The van der Waals surface area contributed by atoms with Gasteiger partial charge in [0.05, 0.1) is 6.04 Å². The molecule has 0 saturated heterocycles. The fourth-order valence-electron chi connectivity index (χ4n) is 2.76. The Bertz CT molecular complexity index is 795. The third-order valence-electron chi connectivity index (χ3n) is 4.31. The number of carboxylic acid groups (broad SMARTS) is 2. The van der Waals surface area contributed by atoms with Crippen LogP contribution in [-0.2, 0) is 27.2 Å². The molecule has 2 rings (SSSR count). The molecule has 0 aliphatic carbocycles. The van der Waals surface area contributed by atoms with Crippen LogP contribution in [0.2, 0.25) is 0 Å². The minimum absolute atomic E-state index is 0.198. The molecule has 2 aromatic rings. The lowest BCUT2D eigenvalue weighted by molar-refractivity contribution is -0.142. The summed E-state index contributed by atoms with van der Waals surface area (Å²) >= 11 is 0. The number of carbonyl (C=O) groups is 3. The van der Waals surface area contributed by atoms with Crippen LogP contribution >= 0.6 is 0 Å². The van der Waals surface area contributed by atoms with E-state index in [1.54, 1.807) is 0 Å². The monoisotopic (exact) mass is 384 g/mol. The number of amides is 1. The Balaban J connectivity index is 2.18. The molecule has 0 unspecified atom stereocenters. The maximum atomic E-state index is 12.6. The van der Waals surface area contributed by atoms with Crippen LogP contribution in [0.25, 0.3) is 0 Å². The zero-order valence-electron chi connectivity index (χ0n) is 15.5. The molecule has 1 amide bonds. The van der Waals surface area contributed by atoms with Crippen LogP contribution in [0, 0.1) is 0 Å². The van der Waals surface area contributed by atoms with E-state index in [1.165, 1.54) is 6.92 Å². The highest BCUT2D eigenvalue weighted by Gasteiger charge is 2.28. The van der Waals surface area contributed by atoms with E-state index in [9.17, 15) is 19.5 Å². The maximum absolute atomic E-state index is 12.6. The fourth-order valence-corrected chi connectivity index (χ4v) is 2.76. The van der Waals surface area contributed by atoms with Crippen molar-refractivity contribution in [3.63, 3.8) is 0 Å². The van der Waals surface area contributed by atoms with Crippen molar-refractivity contribution in [2.75, 3.05) is 0 Å². The highest BCUT2D eigenvalue weighted by atomic mass is 16.4. The number of carbonyl (C=O) groups excluding carboxylic acids is 1. The van der Waals surface area contributed by atoms with Gasteiger partial charge in [-0.25, -0.2) is 0 Å². The summed E-state index contributed by atoms with van der Waals surface area (Å²) in [5.74, 6) is -2.80. The molecular formula is C21H24N2O5. The van der Waals surface area contributed by atoms with Crippen molar-refractivity contribution < 1.29 is 24.6 Å². The number of carboxylic acids is 2. The average molecular weight is 384 g/mol. The van der Waals surface area contributed by atoms with E-state index < -0.39 is 36.0 Å². The number of hydrogen-bond acceptors (Lipinski definition) is 4. The molecule has 4 N–H and O–H groups in total. The van der Waals surface area contributed by atoms with E-state index in [4.69, 9.17) is 5.11 Å². The fraction of sp³-hybridized carbons (Fsp3) is 0.286. The van der Waals surface area contributed by atoms with E-state index in [0.717, 1.165) is 11.1 Å². The molecule has 7 nitrogen and oxygen atoms in total. The molecule has 0 aliphatic heterocycles. The summed E-state index contributed by atoms with van der Waals surface area (Å²) in [7, 11) is 0. The number of nitrogens with one attached hydrogen (secondary N) is 2. The minimum atomic E-state index is -1.16. The van der Waals surface area contributed by atoms with Gasteiger partial charge >= 0.3 is 11.9 Å². The van der Waals surface area contributed by atoms with Gasteiger partial charge in [0.2, 0.25) is 5.91 Å². The van der Waals surface area contributed by atoms with E-state index in [2.05, 4.69) is 10.6 Å². The summed E-state index contributed by atoms with van der Waals surface area (Å²) in [6.07, 6.45) is 0.431. The van der Waals surface area contributed by atoms with Gasteiger partial charge in [-0.15, -0.1) is 0 Å². The molecule has 148 valence electrons. The minimum Gasteiger partial charge on any atom is -0.480 e. The van der Waals surface area contributed by atoms with Gasteiger partial charge in [-0.05, 0) is 30.9 Å². The predicted molar refractivity (Wildman–Crippen MR) is 104 cm³/mol. The molecule has 0 saturated carbocycles. The summed E-state index contributed by atoms with van der Waals surface area (Å²) in [6, 6.07) is 15.3. The molecule has 0 fully saturated rings. The lowest BCUT2D eigenvalue weighted by Gasteiger charge is -2.24. The summed E-state index contributed by atoms with van der Waals surface area (Å²) < 4.78 is 0. The molecule has 0 heterocycles. The van der Waals surface area contributed by atoms with Gasteiger partial charge < -0.3 is 15.5 Å². The lowest BCUT2D eigenvalue weighted by Crippen LogP contribution is -2.55. The van der Waals surface area contributed by atoms with Crippen molar-refractivity contribution in [1.29, 1.82) is 0 Å². The number of rotatable bonds is 10. The van der Waals surface area contributed by atoms with Crippen LogP contribution < -0.4 is 10.6 Å². The molecular weight excluding hydrogens is 360 g/mol. The summed E-state index contributed by atoms with van der Waals surface area (Å²) in [5.41, 5.74) is 1.65. The number of benzene rings is 2. The molecule has 0 radical (unpaired) electrons. The van der Waals surface area contributed by atoms with Crippen LogP contribution in [0.4, 0.5) is 0 Å². The first kappa shape index (κ1) is 21.1. The van der Waals surface area contributed by atoms with Gasteiger partial charge in [0.25, 0.3) is 0 Å². The zero-order valence-corrected chi connectivity index (χ0v) is 15.5. The van der Waals surface area contributed by atoms with Crippen molar-refractivity contribution in [2.24, 2.45) is 0 Å². The number of aliphatic carboxylic acids is 2. The predicted octanol–water partition coefficient (Wildman–Crippen LogP) is 1.47. The second-order valence-electron chi connectivity index (χ2n) is 6.56. The standard InChI is InChI=1S/C21H24N2O5/c1-14(20(25)26)22-19(24)17(12-15-8-4-2-5-9-15)23-18(21(27)28)13-16-10-6-3-7-11-16/h2-11,14,17-18,23H,12-13H2,1H3,(H,22,24)(H,25,26)(H,27,28)/t14-,17+,18+/m1/s1. The normalized spacial score (nSPS) is 13.9. The van der Waals surface area contributed by atoms with Gasteiger partial charge in [-0.1, -0.05) is 60.7 Å². The highest BCUT2D eigenvalue weighted by Crippen LogP contribution is 2.08. The van der Waals surface area contributed by atoms with Crippen LogP contribution in [0.1, 0.15) is 18.1 Å². The van der Waals surface area contributed by atoms with Crippen LogP contribution in [0.3, 0.4) is 0 Å². The molecule has 0 bridgehead atoms. The summed E-state index contributed by atoms with van der Waals surface area (Å²) in [6.45, 7) is 1.36. The number of hydrogen-bond donors (Lipinski definition) is 4. The third-order valence-corrected chi connectivity index (χ3v) is 4.31. The Labute approximate surface area is 163 Å². The second kappa shape index (κ2) is 10.2. The quantitative estimate of drug-likeness (QED) is 0.493. The molecule has 7 heteroatoms. The second-order valence-corrected chi connectivity index (χ2v) is 6.56. The molecule has 3 atom stereocenters. The first-order valence-corrected chi connectivity index (χ1v) is 8.96. The van der Waals surface area contributed by atoms with Gasteiger partial charge in [0.15, 0.2) is 0 Å². The molecule has 28 heavy (non-hydrogen) atoms. The Morgan fingerprint density at radius 2 is 1.25 bits per heavy atom. The van der Waals surface area contributed by atoms with Crippen molar-refractivity contribution in [3.8, 4) is 0 Å². The Morgan fingerprint density at radius 3 is 1.68 bits per heavy atom. The average Bonchev–Trinajstić information content (AvgIpc) is 2.68. The smallest absolute Gasteiger partial charge is 0.325 e. The summed E-state index contributed by atoms with van der Waals surface area (Å²) in [5, 5.41) is 24.0. The first-order valence-electron chi connectivity index (χ1n) is 8.96. The van der Waals surface area contributed by atoms with Crippen molar-refractivity contribution in [2.45, 2.75) is 37.9 Å². The molecule has 0 aromatic heterocycles. The van der Waals surface area contributed by atoms with Crippen molar-refractivity contribution >= 4 is 17.8 Å². The zero-order chi connectivity index (χ0) is 20.5. The SMILES string of the molecule is C[C@@H](NC(=O)[C@H](Cc1ccccc1)N[C@@H](Cc1ccccc1)C(=O)O)C(=O)O. The molecule has 2 aromatic carbocycles. The Hall–Kier alpha value is -3.19. The van der Waals surface area contributed by atoms with Gasteiger partial charge in [0, 0.05) is 0 Å². The molecule has 0 spiro atoms. The van der Waals surface area contributed by atoms with Crippen LogP contribution in [-0.4, -0.2) is 46.2 Å². The largest absolute Gasteiger partial charge is 0.480 e. The summed E-state index contributed by atoms with van der Waals surface area (Å²) in [4.78, 5) is 35.5. The van der Waals surface area contributed by atoms with E-state index in [-0.39, 0.29) is 12.8 Å². The van der Waals surface area contributed by atoms with Gasteiger partial charge in [0.1, 0.15) is 12.1 Å². The van der Waals surface area contributed by atoms with Crippen LogP contribution in [0.15, 0.2) is 60.7 Å². The van der Waals surface area contributed by atoms with Crippen LogP contribution in [0.5, 0.6) is 0 Å². The van der Waals surface area contributed by atoms with E-state index in [0.29, 0.717) is 0 Å². The Morgan fingerprint density at radius 1 is 0.786 bits per heavy atom. The third kappa shape index (κ3) is 6.51. The van der Waals surface area contributed by atoms with E-state index >= 15 is 0 Å². The molecule has 0 aliphatic rings. The van der Waals surface area contributed by atoms with Crippen molar-refractivity contribution in [3.05, 3.63) is 71.8 Å². The topological polar surface area (TPSA) is 116 Å². The highest BCUT2D eigenvalue weighted by molar-refractivity contribution is 5.87.